The Labute approximate surface area is 118 Å². The number of carbonyl (C=O) groups excluding carboxylic acids is 2. The van der Waals surface area contributed by atoms with Gasteiger partial charge >= 0.3 is 12.1 Å². The number of rotatable bonds is 4. The van der Waals surface area contributed by atoms with Crippen LogP contribution in [0.4, 0.5) is 4.79 Å². The van der Waals surface area contributed by atoms with Crippen LogP contribution in [0.2, 0.25) is 0 Å². The Hall–Kier alpha value is -1.98. The van der Waals surface area contributed by atoms with E-state index in [1.807, 2.05) is 17.7 Å². The Morgan fingerprint density at radius 1 is 1.35 bits per heavy atom. The first-order valence-corrected chi connectivity index (χ1v) is 6.85. The van der Waals surface area contributed by atoms with Crippen molar-refractivity contribution in [3.05, 3.63) is 23.5 Å². The number of nitrogens with zero attached hydrogens (tertiary/aromatic N) is 2. The lowest BCUT2D eigenvalue weighted by atomic mass is 10.2. The Balaban J connectivity index is 2.04. The van der Waals surface area contributed by atoms with E-state index < -0.39 is 0 Å². The molecule has 0 atom stereocenters. The van der Waals surface area contributed by atoms with Gasteiger partial charge in [0.15, 0.2) is 0 Å². The summed E-state index contributed by atoms with van der Waals surface area (Å²) >= 11 is 0. The van der Waals surface area contributed by atoms with E-state index in [2.05, 4.69) is 0 Å². The van der Waals surface area contributed by atoms with Crippen molar-refractivity contribution < 1.29 is 19.1 Å². The van der Waals surface area contributed by atoms with Gasteiger partial charge in [0.25, 0.3) is 0 Å². The largest absolute Gasteiger partial charge is 0.465 e. The molecule has 0 saturated heterocycles. The summed E-state index contributed by atoms with van der Waals surface area (Å²) < 4.78 is 11.9. The van der Waals surface area contributed by atoms with Crippen LogP contribution < -0.4 is 0 Å². The first-order valence-electron chi connectivity index (χ1n) is 6.85. The summed E-state index contributed by atoms with van der Waals surface area (Å²) in [7, 11) is 1.35. The fraction of sp³-hybridized carbons (Fsp3) is 0.571. The van der Waals surface area contributed by atoms with Gasteiger partial charge < -0.3 is 18.9 Å². The van der Waals surface area contributed by atoms with Crippen LogP contribution in [-0.4, -0.2) is 41.8 Å². The normalized spacial score (nSPS) is 13.8. The third-order valence-corrected chi connectivity index (χ3v) is 3.42. The second-order valence-electron chi connectivity index (χ2n) is 4.75. The molecular formula is C14H20N2O4. The minimum Gasteiger partial charge on any atom is -0.465 e. The molecule has 1 aliphatic heterocycles. The Kier molecular flexibility index (Phi) is 4.65. The maximum atomic E-state index is 11.9. The molecule has 0 fully saturated rings. The van der Waals surface area contributed by atoms with Crippen LogP contribution in [0.25, 0.3) is 0 Å². The maximum Gasteiger partial charge on any atom is 0.410 e. The predicted molar refractivity (Wildman–Crippen MR) is 72.4 cm³/mol. The van der Waals surface area contributed by atoms with Crippen LogP contribution in [-0.2, 0) is 22.6 Å². The number of aromatic nitrogens is 1. The van der Waals surface area contributed by atoms with Crippen LogP contribution in [0.5, 0.6) is 0 Å². The van der Waals surface area contributed by atoms with Crippen LogP contribution >= 0.6 is 0 Å². The minimum atomic E-state index is -0.375. The van der Waals surface area contributed by atoms with E-state index in [4.69, 9.17) is 9.47 Å². The molecule has 0 unspecified atom stereocenters. The maximum absolute atomic E-state index is 11.9. The molecule has 1 amide bonds. The highest BCUT2D eigenvalue weighted by Gasteiger charge is 2.26. The molecule has 1 aliphatic rings. The zero-order chi connectivity index (χ0) is 14.5. The molecule has 0 aromatic carbocycles. The van der Waals surface area contributed by atoms with Crippen molar-refractivity contribution in [2.45, 2.75) is 32.9 Å². The van der Waals surface area contributed by atoms with Crippen molar-refractivity contribution in [1.29, 1.82) is 0 Å². The molecule has 20 heavy (non-hydrogen) atoms. The van der Waals surface area contributed by atoms with Crippen molar-refractivity contribution in [3.63, 3.8) is 0 Å². The molecule has 0 aliphatic carbocycles. The zero-order valence-corrected chi connectivity index (χ0v) is 11.9. The molecule has 1 aromatic heterocycles. The Morgan fingerprint density at radius 3 is 2.85 bits per heavy atom. The number of ether oxygens (including phenoxy) is 2. The Morgan fingerprint density at radius 2 is 2.15 bits per heavy atom. The lowest BCUT2D eigenvalue weighted by Gasteiger charge is -2.28. The number of carbonyl (C=O) groups is 2. The molecule has 0 N–H and O–H groups in total. The third kappa shape index (κ3) is 2.95. The van der Waals surface area contributed by atoms with Gasteiger partial charge in [-0.15, -0.1) is 0 Å². The topological polar surface area (TPSA) is 60.8 Å². The summed E-state index contributed by atoms with van der Waals surface area (Å²) in [5.41, 5.74) is 1.31. The molecule has 1 aromatic rings. The van der Waals surface area contributed by atoms with Gasteiger partial charge in [0.05, 0.1) is 31.5 Å². The molecule has 6 nitrogen and oxygen atoms in total. The van der Waals surface area contributed by atoms with E-state index >= 15 is 0 Å². The van der Waals surface area contributed by atoms with E-state index in [-0.39, 0.29) is 12.1 Å². The average molecular weight is 280 g/mol. The molecule has 110 valence electrons. The average Bonchev–Trinajstić information content (AvgIpc) is 2.89. The van der Waals surface area contributed by atoms with Crippen LogP contribution in [0.3, 0.4) is 0 Å². The quantitative estimate of drug-likeness (QED) is 0.625. The monoisotopic (exact) mass is 280 g/mol. The first-order chi connectivity index (χ1) is 9.67. The second-order valence-corrected chi connectivity index (χ2v) is 4.75. The minimum absolute atomic E-state index is 0.318. The smallest absolute Gasteiger partial charge is 0.410 e. The SMILES string of the molecule is CCCCOC(=O)N1CCn2ccc(C(=O)OC)c2C1. The van der Waals surface area contributed by atoms with E-state index in [0.717, 1.165) is 18.5 Å². The van der Waals surface area contributed by atoms with Gasteiger partial charge in [-0.3, -0.25) is 0 Å². The molecule has 0 saturated carbocycles. The van der Waals surface area contributed by atoms with Gasteiger partial charge in [-0.1, -0.05) is 13.3 Å². The van der Waals surface area contributed by atoms with Crippen molar-refractivity contribution in [3.8, 4) is 0 Å². The predicted octanol–water partition coefficient (Wildman–Crippen LogP) is 2.03. The van der Waals surface area contributed by atoms with Crippen LogP contribution in [0.1, 0.15) is 35.8 Å². The van der Waals surface area contributed by atoms with Crippen LogP contribution in [0.15, 0.2) is 12.3 Å². The van der Waals surface area contributed by atoms with Gasteiger partial charge in [0, 0.05) is 19.3 Å². The molecule has 2 heterocycles. The summed E-state index contributed by atoms with van der Waals surface area (Å²) in [6.07, 6.45) is 3.38. The van der Waals surface area contributed by atoms with E-state index in [9.17, 15) is 9.59 Å². The molecule has 0 spiro atoms. The van der Waals surface area contributed by atoms with Gasteiger partial charge in [0.1, 0.15) is 0 Å². The number of amides is 1. The summed E-state index contributed by atoms with van der Waals surface area (Å²) in [5.74, 6) is -0.375. The first kappa shape index (κ1) is 14.4. The number of hydrogen-bond donors (Lipinski definition) is 0. The zero-order valence-electron chi connectivity index (χ0n) is 11.9. The number of unbranched alkanes of at least 4 members (excludes halogenated alkanes) is 1. The molecule has 0 bridgehead atoms. The summed E-state index contributed by atoms with van der Waals surface area (Å²) in [4.78, 5) is 25.2. The van der Waals surface area contributed by atoms with Crippen LogP contribution in [0, 0.1) is 0 Å². The number of esters is 1. The van der Waals surface area contributed by atoms with Gasteiger partial charge in [-0.05, 0) is 12.5 Å². The molecule has 0 radical (unpaired) electrons. The summed E-state index contributed by atoms with van der Waals surface area (Å²) in [6, 6.07) is 1.73. The number of methoxy groups -OCH3 is 1. The summed E-state index contributed by atoms with van der Waals surface area (Å²) in [6.45, 7) is 4.12. The third-order valence-electron chi connectivity index (χ3n) is 3.42. The van der Waals surface area contributed by atoms with E-state index in [1.165, 1.54) is 7.11 Å². The van der Waals surface area contributed by atoms with Crippen molar-refractivity contribution >= 4 is 12.1 Å². The van der Waals surface area contributed by atoms with Crippen molar-refractivity contribution in [2.24, 2.45) is 0 Å². The molecular weight excluding hydrogens is 260 g/mol. The Bertz CT molecular complexity index is 495. The van der Waals surface area contributed by atoms with E-state index in [1.54, 1.807) is 11.0 Å². The van der Waals surface area contributed by atoms with Gasteiger partial charge in [0.2, 0.25) is 0 Å². The highest BCUT2D eigenvalue weighted by atomic mass is 16.6. The number of hydrogen-bond acceptors (Lipinski definition) is 4. The highest BCUT2D eigenvalue weighted by Crippen LogP contribution is 2.19. The van der Waals surface area contributed by atoms with E-state index in [0.29, 0.717) is 31.8 Å². The number of fused-ring (bicyclic) bond motifs is 1. The fourth-order valence-corrected chi connectivity index (χ4v) is 2.23. The highest BCUT2D eigenvalue weighted by molar-refractivity contribution is 5.91. The van der Waals surface area contributed by atoms with Crippen molar-refractivity contribution in [1.82, 2.24) is 9.47 Å². The van der Waals surface area contributed by atoms with Gasteiger partial charge in [-0.2, -0.15) is 0 Å². The molecule has 2 rings (SSSR count). The lowest BCUT2D eigenvalue weighted by Crippen LogP contribution is -2.39. The molecule has 6 heteroatoms. The lowest BCUT2D eigenvalue weighted by molar-refractivity contribution is 0.0592. The summed E-state index contributed by atoms with van der Waals surface area (Å²) in [5, 5.41) is 0. The van der Waals surface area contributed by atoms with Crippen molar-refractivity contribution in [2.75, 3.05) is 20.3 Å². The standard InChI is InChI=1S/C14H20N2O4/c1-3-4-9-20-14(18)16-8-7-15-6-5-11(12(15)10-16)13(17)19-2/h5-6H,3-4,7-10H2,1-2H3. The second kappa shape index (κ2) is 6.45. The fourth-order valence-electron chi connectivity index (χ4n) is 2.23. The van der Waals surface area contributed by atoms with Gasteiger partial charge in [-0.25, -0.2) is 9.59 Å².